The van der Waals surface area contributed by atoms with Crippen molar-refractivity contribution in [2.75, 3.05) is 6.16 Å². The third-order valence-corrected chi connectivity index (χ3v) is 7.88. The predicted octanol–water partition coefficient (Wildman–Crippen LogP) is 2.91. The van der Waals surface area contributed by atoms with E-state index in [2.05, 4.69) is 10.3 Å². The average Bonchev–Trinajstić information content (AvgIpc) is 2.78. The molecule has 208 valence electrons. The molecule has 0 aliphatic carbocycles. The normalized spacial score (nSPS) is 17.7. The van der Waals surface area contributed by atoms with Crippen molar-refractivity contribution >= 4 is 30.7 Å². The Labute approximate surface area is 217 Å². The van der Waals surface area contributed by atoms with Crippen molar-refractivity contribution in [3.63, 3.8) is 0 Å². The minimum absolute atomic E-state index is 0.124. The maximum atomic E-state index is 13.2. The first-order chi connectivity index (χ1) is 17.0. The van der Waals surface area contributed by atoms with Gasteiger partial charge in [-0.1, -0.05) is 43.7 Å². The number of nitrogens with one attached hydrogen (secondary N) is 1. The zero-order valence-corrected chi connectivity index (χ0v) is 23.3. The fraction of sp³-hybridized carbons (Fsp3) is 0.600. The van der Waals surface area contributed by atoms with Gasteiger partial charge in [0.05, 0.1) is 23.2 Å². The average molecular weight is 543 g/mol. The minimum atomic E-state index is -4.24. The molecule has 6 unspecified atom stereocenters. The molecule has 0 bridgehead atoms. The Morgan fingerprint density at radius 1 is 1.08 bits per heavy atom. The second kappa shape index (κ2) is 14.4. The molecule has 12 heteroatoms. The maximum Gasteiger partial charge on any atom is 0.310 e. The summed E-state index contributed by atoms with van der Waals surface area (Å²) in [6.45, 7) is 10.8. The Kier molecular flexibility index (Phi) is 12.6. The van der Waals surface area contributed by atoms with E-state index in [1.54, 1.807) is 32.9 Å². The molecule has 1 aromatic carbocycles. The lowest BCUT2D eigenvalue weighted by Crippen LogP contribution is -2.44. The molecule has 0 saturated heterocycles. The fourth-order valence-corrected chi connectivity index (χ4v) is 4.58. The zero-order chi connectivity index (χ0) is 28.5. The van der Waals surface area contributed by atoms with Crippen molar-refractivity contribution in [2.45, 2.75) is 73.6 Å². The quantitative estimate of drug-likeness (QED) is 0.119. The van der Waals surface area contributed by atoms with E-state index in [0.717, 1.165) is 11.1 Å². The van der Waals surface area contributed by atoms with Gasteiger partial charge < -0.3 is 25.2 Å². The molecule has 0 spiro atoms. The Balaban J connectivity index is 3.06. The lowest BCUT2D eigenvalue weighted by Gasteiger charge is -2.24. The molecule has 6 atom stereocenters. The number of rotatable bonds is 14. The predicted molar refractivity (Wildman–Crippen MR) is 138 cm³/mol. The van der Waals surface area contributed by atoms with Crippen molar-refractivity contribution in [3.8, 4) is 0 Å². The highest BCUT2D eigenvalue weighted by atomic mass is 31.2. The van der Waals surface area contributed by atoms with Crippen molar-refractivity contribution in [1.82, 2.24) is 5.32 Å². The van der Waals surface area contributed by atoms with E-state index in [4.69, 9.17) is 9.47 Å². The standard InChI is InChI=1S/C25H39N2O9P/c1-14(2)24(31)35-19(7)36-25(32)27-18(6)37(33,34)13-21(12-20-10-8-15(3)9-11-20)22(28)26-17(5)16(4)23(29)30/h8-11,14,16-17,19,21,25,32H,12-13H2,1-7H3,(H,26,28)(H,29,30)(H,33,34). The van der Waals surface area contributed by atoms with Gasteiger partial charge in [-0.2, -0.15) is 0 Å². The number of carboxylic acid groups (broad SMARTS) is 1. The van der Waals surface area contributed by atoms with Gasteiger partial charge in [0.25, 0.3) is 6.41 Å². The summed E-state index contributed by atoms with van der Waals surface area (Å²) in [7, 11) is -4.24. The van der Waals surface area contributed by atoms with Gasteiger partial charge >= 0.3 is 11.9 Å². The molecule has 1 amide bonds. The molecule has 0 aliphatic heterocycles. The lowest BCUT2D eigenvalue weighted by atomic mass is 9.97. The maximum absolute atomic E-state index is 13.2. The van der Waals surface area contributed by atoms with Gasteiger partial charge in [-0.3, -0.25) is 23.7 Å². The number of aliphatic imine (C=N–C) groups is 1. The number of hydrogen-bond donors (Lipinski definition) is 4. The topological polar surface area (TPSA) is 172 Å². The number of nitrogens with zero attached hydrogens (tertiary/aromatic N) is 1. The number of ether oxygens (including phenoxy) is 2. The first kappa shape index (κ1) is 32.4. The van der Waals surface area contributed by atoms with Crippen LogP contribution in [0.1, 0.15) is 52.7 Å². The van der Waals surface area contributed by atoms with Crippen molar-refractivity contribution in [3.05, 3.63) is 35.4 Å². The van der Waals surface area contributed by atoms with Crippen LogP contribution in [0, 0.1) is 24.7 Å². The smallest absolute Gasteiger partial charge is 0.310 e. The first-order valence-electron chi connectivity index (χ1n) is 12.0. The number of aryl methyl sites for hydroxylation is 1. The fourth-order valence-electron chi connectivity index (χ4n) is 3.14. The van der Waals surface area contributed by atoms with Crippen LogP contribution in [-0.4, -0.2) is 63.3 Å². The van der Waals surface area contributed by atoms with Crippen LogP contribution in [0.5, 0.6) is 0 Å². The molecule has 0 saturated carbocycles. The number of hydrogen-bond acceptors (Lipinski definition) is 8. The van der Waals surface area contributed by atoms with E-state index in [1.165, 1.54) is 20.8 Å². The molecule has 0 radical (unpaired) electrons. The second-order valence-electron chi connectivity index (χ2n) is 9.49. The Morgan fingerprint density at radius 2 is 1.65 bits per heavy atom. The molecule has 1 aromatic rings. The molecule has 0 heterocycles. The van der Waals surface area contributed by atoms with Crippen LogP contribution < -0.4 is 5.32 Å². The summed E-state index contributed by atoms with van der Waals surface area (Å²) < 4.78 is 23.2. The van der Waals surface area contributed by atoms with E-state index in [9.17, 15) is 34.1 Å². The van der Waals surface area contributed by atoms with Gasteiger partial charge in [-0.25, -0.2) is 4.99 Å². The largest absolute Gasteiger partial charge is 0.481 e. The van der Waals surface area contributed by atoms with E-state index >= 15 is 0 Å². The van der Waals surface area contributed by atoms with Gasteiger partial charge in [0.15, 0.2) is 0 Å². The number of esters is 1. The van der Waals surface area contributed by atoms with Gasteiger partial charge in [-0.15, -0.1) is 0 Å². The number of carboxylic acids is 1. The van der Waals surface area contributed by atoms with Gasteiger partial charge in [0, 0.05) is 12.2 Å². The summed E-state index contributed by atoms with van der Waals surface area (Å²) in [6, 6.07) is 6.60. The highest BCUT2D eigenvalue weighted by Gasteiger charge is 2.34. The monoisotopic (exact) mass is 542 g/mol. The third kappa shape index (κ3) is 11.1. The van der Waals surface area contributed by atoms with Crippen molar-refractivity contribution in [1.29, 1.82) is 0 Å². The first-order valence-corrected chi connectivity index (χ1v) is 13.9. The summed E-state index contributed by atoms with van der Waals surface area (Å²) in [5.41, 5.74) is 1.42. The van der Waals surface area contributed by atoms with Crippen LogP contribution in [0.25, 0.3) is 0 Å². The molecule has 37 heavy (non-hydrogen) atoms. The van der Waals surface area contributed by atoms with E-state index < -0.39 is 67.9 Å². The van der Waals surface area contributed by atoms with Crippen molar-refractivity contribution < 1.29 is 43.5 Å². The van der Waals surface area contributed by atoms with E-state index in [1.807, 2.05) is 19.1 Å². The van der Waals surface area contributed by atoms with Crippen LogP contribution in [-0.2, 0) is 34.8 Å². The molecular weight excluding hydrogens is 503 g/mol. The summed E-state index contributed by atoms with van der Waals surface area (Å²) in [5, 5.41) is 21.9. The number of benzene rings is 1. The van der Waals surface area contributed by atoms with Gasteiger partial charge in [-0.05, 0) is 46.6 Å². The molecule has 1 rings (SSSR count). The van der Waals surface area contributed by atoms with Crippen LogP contribution in [0.3, 0.4) is 0 Å². The van der Waals surface area contributed by atoms with Crippen molar-refractivity contribution in [2.24, 2.45) is 22.7 Å². The van der Waals surface area contributed by atoms with Crippen LogP contribution >= 0.6 is 7.37 Å². The zero-order valence-electron chi connectivity index (χ0n) is 22.4. The lowest BCUT2D eigenvalue weighted by molar-refractivity contribution is -0.219. The molecule has 0 aliphatic rings. The van der Waals surface area contributed by atoms with Crippen LogP contribution in [0.4, 0.5) is 0 Å². The minimum Gasteiger partial charge on any atom is -0.481 e. The Bertz CT molecular complexity index is 1010. The summed E-state index contributed by atoms with van der Waals surface area (Å²) in [5.74, 6) is -4.48. The number of aliphatic carboxylic acids is 1. The van der Waals surface area contributed by atoms with Crippen LogP contribution in [0.2, 0.25) is 0 Å². The third-order valence-electron chi connectivity index (χ3n) is 5.82. The van der Waals surface area contributed by atoms with Gasteiger partial charge in [0.1, 0.15) is 0 Å². The van der Waals surface area contributed by atoms with E-state index in [-0.39, 0.29) is 11.9 Å². The number of aliphatic hydroxyl groups is 1. The van der Waals surface area contributed by atoms with E-state index in [0.29, 0.717) is 0 Å². The molecule has 0 fully saturated rings. The Morgan fingerprint density at radius 3 is 2.16 bits per heavy atom. The molecule has 11 nitrogen and oxygen atoms in total. The number of aliphatic hydroxyl groups excluding tert-OH is 1. The highest BCUT2D eigenvalue weighted by Crippen LogP contribution is 2.45. The summed E-state index contributed by atoms with van der Waals surface area (Å²) in [6.07, 6.45) is -3.41. The second-order valence-corrected chi connectivity index (χ2v) is 11.9. The summed E-state index contributed by atoms with van der Waals surface area (Å²) >= 11 is 0. The van der Waals surface area contributed by atoms with Gasteiger partial charge in [0.2, 0.25) is 19.6 Å². The number of carbonyl (C=O) groups excluding carboxylic acids is 2. The number of amides is 1. The Hall–Kier alpha value is -2.59. The molecular formula is C25H39N2O9P. The summed E-state index contributed by atoms with van der Waals surface area (Å²) in [4.78, 5) is 50.5. The molecule has 0 aromatic heterocycles. The highest BCUT2D eigenvalue weighted by molar-refractivity contribution is 7.75. The SMILES string of the molecule is CC(=NC(O)OC(C)OC(=O)C(C)C)P(=O)(O)CC(Cc1ccc(C)cc1)C(=O)NC(C)C(C)C(=O)O. The number of carbonyl (C=O) groups is 3. The van der Waals surface area contributed by atoms with Crippen LogP contribution in [0.15, 0.2) is 29.3 Å². The molecule has 4 N–H and O–H groups in total.